The largest absolute Gasteiger partial charge is 0.463 e. The van der Waals surface area contributed by atoms with Gasteiger partial charge in [0.2, 0.25) is 0 Å². The summed E-state index contributed by atoms with van der Waals surface area (Å²) in [4.78, 5) is 0. The maximum Gasteiger partial charge on any atom is 0.309 e. The molecule has 0 radical (unpaired) electrons. The van der Waals surface area contributed by atoms with Crippen LogP contribution in [0.4, 0.5) is 8.78 Å². The lowest BCUT2D eigenvalue weighted by Crippen LogP contribution is -2.29. The molecule has 0 spiro atoms. The van der Waals surface area contributed by atoms with Crippen molar-refractivity contribution in [1.82, 2.24) is 0 Å². The lowest BCUT2D eigenvalue weighted by atomic mass is 9.84. The first-order valence-electron chi connectivity index (χ1n) is 5.35. The normalized spacial score (nSPS) is 14.5. The van der Waals surface area contributed by atoms with Crippen molar-refractivity contribution in [2.45, 2.75) is 53.6 Å². The minimum Gasteiger partial charge on any atom is -0.463 e. The molecule has 0 unspecified atom stereocenters. The van der Waals surface area contributed by atoms with Crippen LogP contribution in [0.1, 0.15) is 48.0 Å². The standard InChI is InChI=1S/C13H22F2O/c1-9(2)10(14)11(15)16-13(6,7)8-12(3,4)5/h1,8H2,2-7H3. The predicted molar refractivity (Wildman–Crippen MR) is 63.3 cm³/mol. The summed E-state index contributed by atoms with van der Waals surface area (Å²) in [6.07, 6.45) is 0.622. The van der Waals surface area contributed by atoms with Gasteiger partial charge < -0.3 is 4.74 Å². The van der Waals surface area contributed by atoms with Crippen LogP contribution in [0.3, 0.4) is 0 Å². The minimum atomic E-state index is -1.18. The number of rotatable bonds is 4. The second kappa shape index (κ2) is 4.98. The van der Waals surface area contributed by atoms with Gasteiger partial charge in [0.25, 0.3) is 0 Å². The molecule has 3 heteroatoms. The molecule has 16 heavy (non-hydrogen) atoms. The third-order valence-corrected chi connectivity index (χ3v) is 1.87. The van der Waals surface area contributed by atoms with Gasteiger partial charge in [-0.2, -0.15) is 8.78 Å². The van der Waals surface area contributed by atoms with Crippen molar-refractivity contribution >= 4 is 0 Å². The maximum atomic E-state index is 13.3. The summed E-state index contributed by atoms with van der Waals surface area (Å²) in [5.74, 6) is -1.01. The molecule has 0 atom stereocenters. The molecule has 0 fully saturated rings. The van der Waals surface area contributed by atoms with Crippen molar-refractivity contribution in [2.75, 3.05) is 0 Å². The molecule has 0 aromatic heterocycles. The van der Waals surface area contributed by atoms with Crippen molar-refractivity contribution in [3.05, 3.63) is 24.0 Å². The zero-order valence-electron chi connectivity index (χ0n) is 11.1. The van der Waals surface area contributed by atoms with Gasteiger partial charge in [-0.3, -0.25) is 0 Å². The van der Waals surface area contributed by atoms with Gasteiger partial charge in [0.15, 0.2) is 5.83 Å². The van der Waals surface area contributed by atoms with E-state index in [0.29, 0.717) is 6.42 Å². The van der Waals surface area contributed by atoms with Crippen LogP contribution in [-0.4, -0.2) is 5.60 Å². The molecule has 0 saturated carbocycles. The third kappa shape index (κ3) is 5.89. The van der Waals surface area contributed by atoms with Gasteiger partial charge in [0.1, 0.15) is 5.60 Å². The van der Waals surface area contributed by atoms with E-state index in [9.17, 15) is 8.78 Å². The highest BCUT2D eigenvalue weighted by molar-refractivity contribution is 5.20. The molecule has 0 amide bonds. The Morgan fingerprint density at radius 1 is 1.12 bits per heavy atom. The van der Waals surface area contributed by atoms with Gasteiger partial charge in [0, 0.05) is 0 Å². The number of hydrogen-bond acceptors (Lipinski definition) is 1. The van der Waals surface area contributed by atoms with E-state index >= 15 is 0 Å². The first-order chi connectivity index (χ1) is 6.94. The molecule has 0 aliphatic heterocycles. The van der Waals surface area contributed by atoms with Crippen LogP contribution < -0.4 is 0 Å². The highest BCUT2D eigenvalue weighted by atomic mass is 19.2. The highest BCUT2D eigenvalue weighted by Crippen LogP contribution is 2.32. The summed E-state index contributed by atoms with van der Waals surface area (Å²) in [6.45, 7) is 14.3. The van der Waals surface area contributed by atoms with Crippen molar-refractivity contribution in [3.63, 3.8) is 0 Å². The van der Waals surface area contributed by atoms with E-state index in [2.05, 4.69) is 6.58 Å². The van der Waals surface area contributed by atoms with Crippen LogP contribution in [0.5, 0.6) is 0 Å². The number of allylic oxidation sites excluding steroid dienone is 2. The molecule has 0 N–H and O–H groups in total. The van der Waals surface area contributed by atoms with Gasteiger partial charge in [-0.05, 0) is 38.2 Å². The van der Waals surface area contributed by atoms with E-state index in [-0.39, 0.29) is 11.0 Å². The first kappa shape index (κ1) is 15.1. The van der Waals surface area contributed by atoms with E-state index in [4.69, 9.17) is 4.74 Å². The van der Waals surface area contributed by atoms with Gasteiger partial charge in [-0.1, -0.05) is 27.4 Å². The zero-order chi connectivity index (χ0) is 13.1. The Bertz CT molecular complexity index is 296. The van der Waals surface area contributed by atoms with Crippen LogP contribution >= 0.6 is 0 Å². The maximum absolute atomic E-state index is 13.3. The summed E-state index contributed by atoms with van der Waals surface area (Å²) in [5, 5.41) is 0. The summed E-state index contributed by atoms with van der Waals surface area (Å²) >= 11 is 0. The predicted octanol–water partition coefficient (Wildman–Crippen LogP) is 4.90. The molecule has 0 bridgehead atoms. The Hall–Kier alpha value is -0.860. The van der Waals surface area contributed by atoms with Gasteiger partial charge >= 0.3 is 6.01 Å². The van der Waals surface area contributed by atoms with Crippen LogP contribution in [0.2, 0.25) is 0 Å². The third-order valence-electron chi connectivity index (χ3n) is 1.87. The van der Waals surface area contributed by atoms with Gasteiger partial charge in [0.05, 0.1) is 0 Å². The Morgan fingerprint density at radius 2 is 1.56 bits per heavy atom. The number of halogens is 2. The molecule has 0 aliphatic carbocycles. The highest BCUT2D eigenvalue weighted by Gasteiger charge is 2.29. The summed E-state index contributed by atoms with van der Waals surface area (Å²) in [5.41, 5.74) is -0.720. The van der Waals surface area contributed by atoms with E-state index in [1.54, 1.807) is 13.8 Å². The van der Waals surface area contributed by atoms with Crippen LogP contribution in [0.15, 0.2) is 24.0 Å². The Morgan fingerprint density at radius 3 is 1.88 bits per heavy atom. The van der Waals surface area contributed by atoms with Gasteiger partial charge in [-0.15, -0.1) is 0 Å². The second-order valence-corrected chi connectivity index (χ2v) is 5.97. The zero-order valence-corrected chi connectivity index (χ0v) is 11.1. The lowest BCUT2D eigenvalue weighted by Gasteiger charge is -2.32. The topological polar surface area (TPSA) is 9.23 Å². The van der Waals surface area contributed by atoms with Gasteiger partial charge in [-0.25, -0.2) is 0 Å². The van der Waals surface area contributed by atoms with E-state index < -0.39 is 17.4 Å². The molecule has 0 aromatic carbocycles. The second-order valence-electron chi connectivity index (χ2n) is 5.97. The first-order valence-corrected chi connectivity index (χ1v) is 5.35. The molecular formula is C13H22F2O. The van der Waals surface area contributed by atoms with E-state index in [1.807, 2.05) is 20.8 Å². The number of ether oxygens (including phenoxy) is 1. The fourth-order valence-electron chi connectivity index (χ4n) is 1.77. The average molecular weight is 232 g/mol. The molecule has 0 saturated heterocycles. The molecule has 94 valence electrons. The Kier molecular flexibility index (Phi) is 4.71. The molecular weight excluding hydrogens is 210 g/mol. The van der Waals surface area contributed by atoms with Crippen molar-refractivity contribution in [1.29, 1.82) is 0 Å². The molecule has 0 rings (SSSR count). The van der Waals surface area contributed by atoms with Crippen molar-refractivity contribution < 1.29 is 13.5 Å². The summed E-state index contributed by atoms with van der Waals surface area (Å²) in [7, 11) is 0. The Balaban J connectivity index is 4.72. The molecule has 1 nitrogen and oxygen atoms in total. The summed E-state index contributed by atoms with van der Waals surface area (Å²) < 4.78 is 31.5. The molecule has 0 heterocycles. The Labute approximate surface area is 97.2 Å². The average Bonchev–Trinajstić information content (AvgIpc) is 1.96. The van der Waals surface area contributed by atoms with Crippen molar-refractivity contribution in [2.24, 2.45) is 5.41 Å². The fraction of sp³-hybridized carbons (Fsp3) is 0.692. The van der Waals surface area contributed by atoms with E-state index in [1.165, 1.54) is 6.92 Å². The number of hydrogen-bond donors (Lipinski definition) is 0. The molecule has 0 aromatic rings. The van der Waals surface area contributed by atoms with Crippen molar-refractivity contribution in [3.8, 4) is 0 Å². The van der Waals surface area contributed by atoms with Crippen LogP contribution in [0.25, 0.3) is 0 Å². The quantitative estimate of drug-likeness (QED) is 0.494. The van der Waals surface area contributed by atoms with Crippen LogP contribution in [-0.2, 0) is 4.74 Å². The monoisotopic (exact) mass is 232 g/mol. The summed E-state index contributed by atoms with van der Waals surface area (Å²) in [6, 6.07) is -1.18. The minimum absolute atomic E-state index is 0.0104. The van der Waals surface area contributed by atoms with E-state index in [0.717, 1.165) is 0 Å². The van der Waals surface area contributed by atoms with Crippen LogP contribution in [0, 0.1) is 5.41 Å². The SMILES string of the molecule is C=C(C)C(F)=C(F)OC(C)(C)CC(C)(C)C. The lowest BCUT2D eigenvalue weighted by molar-refractivity contribution is -0.0315. The fourth-order valence-corrected chi connectivity index (χ4v) is 1.77. The smallest absolute Gasteiger partial charge is 0.309 e. The molecule has 0 aliphatic rings.